The van der Waals surface area contributed by atoms with Crippen molar-refractivity contribution in [1.29, 1.82) is 0 Å². The normalized spacial score (nSPS) is 18.5. The molecule has 0 spiro atoms. The van der Waals surface area contributed by atoms with Crippen LogP contribution >= 0.6 is 0 Å². The monoisotopic (exact) mass is 511 g/mol. The number of esters is 1. The van der Waals surface area contributed by atoms with Gasteiger partial charge in [0, 0.05) is 11.3 Å². The molecule has 0 bridgehead atoms. The first kappa shape index (κ1) is 25.3. The van der Waals surface area contributed by atoms with Gasteiger partial charge in [0.05, 0.1) is 23.3 Å². The summed E-state index contributed by atoms with van der Waals surface area (Å²) in [4.78, 5) is 40.8. The van der Waals surface area contributed by atoms with E-state index in [2.05, 4.69) is 0 Å². The van der Waals surface area contributed by atoms with Gasteiger partial charge in [-0.2, -0.15) is 0 Å². The standard InChI is InChI=1S/C31H29NO6/c1-18(2)38-31(37)23-8-5-9-24(17-23)32-27(20-12-14-25(33)15-13-20)26(29(35)30(32)36)28(34)22-11-10-19-6-3-4-7-21(19)16-22/h5,8-18,27,33-34H,3-4,6-7H2,1-2H3/b28-26-. The van der Waals surface area contributed by atoms with E-state index in [0.717, 1.165) is 31.2 Å². The lowest BCUT2D eigenvalue weighted by molar-refractivity contribution is -0.132. The van der Waals surface area contributed by atoms with Gasteiger partial charge in [-0.25, -0.2) is 4.79 Å². The molecular formula is C31H29NO6. The zero-order valence-corrected chi connectivity index (χ0v) is 21.3. The highest BCUT2D eigenvalue weighted by atomic mass is 16.5. The van der Waals surface area contributed by atoms with E-state index < -0.39 is 23.7 Å². The number of aliphatic hydroxyl groups excluding tert-OH is 1. The Hall–Kier alpha value is -4.39. The number of phenols is 1. The molecule has 1 heterocycles. The first-order valence-electron chi connectivity index (χ1n) is 12.8. The summed E-state index contributed by atoms with van der Waals surface area (Å²) in [5, 5.41) is 21.3. The van der Waals surface area contributed by atoms with E-state index in [9.17, 15) is 24.6 Å². The highest BCUT2D eigenvalue weighted by Crippen LogP contribution is 2.43. The van der Waals surface area contributed by atoms with Gasteiger partial charge in [0.15, 0.2) is 0 Å². The van der Waals surface area contributed by atoms with Gasteiger partial charge in [-0.05, 0) is 92.6 Å². The van der Waals surface area contributed by atoms with Crippen LogP contribution in [0.2, 0.25) is 0 Å². The molecule has 5 rings (SSSR count). The molecule has 1 amide bonds. The van der Waals surface area contributed by atoms with Crippen molar-refractivity contribution >= 4 is 29.1 Å². The summed E-state index contributed by atoms with van der Waals surface area (Å²) in [6.45, 7) is 3.48. The minimum absolute atomic E-state index is 0.0267. The van der Waals surface area contributed by atoms with E-state index in [-0.39, 0.29) is 28.7 Å². The molecular weight excluding hydrogens is 482 g/mol. The maximum absolute atomic E-state index is 13.5. The van der Waals surface area contributed by atoms with E-state index in [1.165, 1.54) is 28.7 Å². The molecule has 0 saturated carbocycles. The third-order valence-corrected chi connectivity index (χ3v) is 6.98. The summed E-state index contributed by atoms with van der Waals surface area (Å²) in [6, 6.07) is 17.1. The lowest BCUT2D eigenvalue weighted by Gasteiger charge is -2.26. The SMILES string of the molecule is CC(C)OC(=O)c1cccc(N2C(=O)C(=O)/C(=C(\O)c3ccc4c(c3)CCCC4)C2c2ccc(O)cc2)c1. The quantitative estimate of drug-likeness (QED) is 0.204. The first-order valence-corrected chi connectivity index (χ1v) is 12.8. The highest BCUT2D eigenvalue weighted by molar-refractivity contribution is 6.51. The second kappa shape index (κ2) is 10.2. The molecule has 1 saturated heterocycles. The molecule has 1 aliphatic carbocycles. The second-order valence-electron chi connectivity index (χ2n) is 9.96. The Labute approximate surface area is 221 Å². The minimum atomic E-state index is -0.969. The molecule has 1 fully saturated rings. The van der Waals surface area contributed by atoms with Crippen LogP contribution in [0.25, 0.3) is 5.76 Å². The number of benzene rings is 3. The number of ketones is 1. The topological polar surface area (TPSA) is 104 Å². The fourth-order valence-electron chi connectivity index (χ4n) is 5.17. The maximum Gasteiger partial charge on any atom is 0.338 e. The molecule has 3 aromatic carbocycles. The summed E-state index contributed by atoms with van der Waals surface area (Å²) in [5.41, 5.74) is 3.86. The Morgan fingerprint density at radius 2 is 1.63 bits per heavy atom. The molecule has 2 aliphatic rings. The number of phenolic OH excluding ortho intramolecular Hbond substituents is 1. The number of ether oxygens (including phenoxy) is 1. The van der Waals surface area contributed by atoms with Gasteiger partial charge in [-0.3, -0.25) is 14.5 Å². The number of amides is 1. The first-order chi connectivity index (χ1) is 18.2. The number of anilines is 1. The maximum atomic E-state index is 13.5. The molecule has 194 valence electrons. The van der Waals surface area contributed by atoms with Crippen LogP contribution in [-0.2, 0) is 27.2 Å². The van der Waals surface area contributed by atoms with E-state index in [0.29, 0.717) is 16.8 Å². The number of Topliss-reactive ketones (excluding diaryl/α,β-unsaturated/α-hetero) is 1. The molecule has 7 heteroatoms. The van der Waals surface area contributed by atoms with E-state index in [4.69, 9.17) is 4.74 Å². The Morgan fingerprint density at radius 1 is 0.921 bits per heavy atom. The average Bonchev–Trinajstić information content (AvgIpc) is 3.18. The summed E-state index contributed by atoms with van der Waals surface area (Å²) < 4.78 is 5.30. The van der Waals surface area contributed by atoms with Crippen molar-refractivity contribution in [3.8, 4) is 5.75 Å². The molecule has 0 radical (unpaired) electrons. The number of aromatic hydroxyl groups is 1. The van der Waals surface area contributed by atoms with Crippen molar-refractivity contribution in [3.05, 3.63) is 100 Å². The molecule has 0 aromatic heterocycles. The van der Waals surface area contributed by atoms with Crippen LogP contribution in [-0.4, -0.2) is 34.0 Å². The molecule has 1 atom stereocenters. The molecule has 1 aliphatic heterocycles. The third-order valence-electron chi connectivity index (χ3n) is 6.98. The van der Waals surface area contributed by atoms with Crippen LogP contribution in [0, 0.1) is 0 Å². The second-order valence-corrected chi connectivity index (χ2v) is 9.96. The number of aryl methyl sites for hydroxylation is 2. The van der Waals surface area contributed by atoms with Gasteiger partial charge in [-0.1, -0.05) is 30.3 Å². The number of hydrogen-bond donors (Lipinski definition) is 2. The number of carbonyl (C=O) groups is 3. The number of rotatable bonds is 5. The van der Waals surface area contributed by atoms with Gasteiger partial charge < -0.3 is 14.9 Å². The van der Waals surface area contributed by atoms with Crippen LogP contribution in [0.4, 0.5) is 5.69 Å². The summed E-state index contributed by atoms with van der Waals surface area (Å²) in [6.07, 6.45) is 3.72. The largest absolute Gasteiger partial charge is 0.508 e. The van der Waals surface area contributed by atoms with Crippen LogP contribution in [0.3, 0.4) is 0 Å². The summed E-state index contributed by atoms with van der Waals surface area (Å²) >= 11 is 0. The fourth-order valence-corrected chi connectivity index (χ4v) is 5.17. The predicted molar refractivity (Wildman–Crippen MR) is 143 cm³/mol. The molecule has 1 unspecified atom stereocenters. The Bertz CT molecular complexity index is 1450. The van der Waals surface area contributed by atoms with Crippen molar-refractivity contribution in [3.63, 3.8) is 0 Å². The van der Waals surface area contributed by atoms with Crippen molar-refractivity contribution in [1.82, 2.24) is 0 Å². The summed E-state index contributed by atoms with van der Waals surface area (Å²) in [5.74, 6) is -2.43. The minimum Gasteiger partial charge on any atom is -0.508 e. The zero-order chi connectivity index (χ0) is 27.0. The Kier molecular flexibility index (Phi) is 6.76. The lowest BCUT2D eigenvalue weighted by Crippen LogP contribution is -2.29. The zero-order valence-electron chi connectivity index (χ0n) is 21.3. The number of nitrogens with zero attached hydrogens (tertiary/aromatic N) is 1. The smallest absolute Gasteiger partial charge is 0.338 e. The Balaban J connectivity index is 1.65. The van der Waals surface area contributed by atoms with E-state index in [1.807, 2.05) is 12.1 Å². The number of fused-ring (bicyclic) bond motifs is 1. The molecule has 7 nitrogen and oxygen atoms in total. The van der Waals surface area contributed by atoms with Gasteiger partial charge >= 0.3 is 5.97 Å². The predicted octanol–water partition coefficient (Wildman–Crippen LogP) is 5.46. The van der Waals surface area contributed by atoms with E-state index in [1.54, 1.807) is 50.2 Å². The molecule has 2 N–H and O–H groups in total. The van der Waals surface area contributed by atoms with Gasteiger partial charge in [-0.15, -0.1) is 0 Å². The van der Waals surface area contributed by atoms with Crippen LogP contribution in [0.15, 0.2) is 72.3 Å². The van der Waals surface area contributed by atoms with Crippen molar-refractivity contribution in [2.45, 2.75) is 51.7 Å². The highest BCUT2D eigenvalue weighted by Gasteiger charge is 2.47. The third kappa shape index (κ3) is 4.67. The van der Waals surface area contributed by atoms with Crippen LogP contribution in [0.5, 0.6) is 5.75 Å². The number of aliphatic hydroxyl groups is 1. The average molecular weight is 512 g/mol. The summed E-state index contributed by atoms with van der Waals surface area (Å²) in [7, 11) is 0. The van der Waals surface area contributed by atoms with Crippen molar-refractivity contribution in [2.75, 3.05) is 4.90 Å². The van der Waals surface area contributed by atoms with Crippen molar-refractivity contribution in [2.24, 2.45) is 0 Å². The van der Waals surface area contributed by atoms with Gasteiger partial charge in [0.1, 0.15) is 11.5 Å². The molecule has 38 heavy (non-hydrogen) atoms. The molecule has 3 aromatic rings. The van der Waals surface area contributed by atoms with Crippen LogP contribution < -0.4 is 4.90 Å². The van der Waals surface area contributed by atoms with Gasteiger partial charge in [0.25, 0.3) is 11.7 Å². The number of hydrogen-bond acceptors (Lipinski definition) is 6. The van der Waals surface area contributed by atoms with Crippen LogP contribution in [0.1, 0.15) is 65.3 Å². The lowest BCUT2D eigenvalue weighted by atomic mass is 9.88. The van der Waals surface area contributed by atoms with E-state index >= 15 is 0 Å². The number of carbonyl (C=O) groups excluding carboxylic acids is 3. The van der Waals surface area contributed by atoms with Gasteiger partial charge in [0.2, 0.25) is 0 Å². The fraction of sp³-hybridized carbons (Fsp3) is 0.258. The van der Waals surface area contributed by atoms with Crippen molar-refractivity contribution < 1.29 is 29.3 Å². The Morgan fingerprint density at radius 3 is 2.34 bits per heavy atom.